The number of piperazine rings is 2. The van der Waals surface area contributed by atoms with Crippen molar-refractivity contribution in [1.82, 2.24) is 25.2 Å². The van der Waals surface area contributed by atoms with Crippen molar-refractivity contribution in [3.63, 3.8) is 0 Å². The summed E-state index contributed by atoms with van der Waals surface area (Å²) in [7, 11) is 0. The molecule has 228 valence electrons. The fourth-order valence-electron chi connectivity index (χ4n) is 7.40. The van der Waals surface area contributed by atoms with E-state index in [0.29, 0.717) is 36.5 Å². The number of nitrogen functional groups attached to an aromatic ring is 1. The first-order valence-corrected chi connectivity index (χ1v) is 15.8. The Kier molecular flexibility index (Phi) is 6.76. The third-order valence-electron chi connectivity index (χ3n) is 9.51. The van der Waals surface area contributed by atoms with Crippen LogP contribution >= 0.6 is 11.3 Å². The summed E-state index contributed by atoms with van der Waals surface area (Å²) >= 11 is 0.957. The Labute approximate surface area is 255 Å². The van der Waals surface area contributed by atoms with Crippen molar-refractivity contribution in [3.8, 4) is 17.3 Å². The van der Waals surface area contributed by atoms with E-state index in [-0.39, 0.29) is 69.3 Å². The average molecular weight is 620 g/mol. The second-order valence-corrected chi connectivity index (χ2v) is 12.9. The molecule has 4 aromatic rings. The van der Waals surface area contributed by atoms with Gasteiger partial charge in [-0.1, -0.05) is 0 Å². The molecule has 8 rings (SSSR count). The SMILES string of the molecule is N#Cc1c(N)sc2c(F)cnc(-c3c4c(c5c(N6C7CCC6CNC7)nc(N6CCN(CCO)CC6)nc5c3F)COC4)c12. The highest BCUT2D eigenvalue weighted by Gasteiger charge is 2.41. The predicted molar refractivity (Wildman–Crippen MR) is 164 cm³/mol. The summed E-state index contributed by atoms with van der Waals surface area (Å²) < 4.78 is 38.3. The number of anilines is 3. The number of rotatable bonds is 5. The van der Waals surface area contributed by atoms with Crippen molar-refractivity contribution in [1.29, 1.82) is 5.26 Å². The van der Waals surface area contributed by atoms with E-state index in [2.05, 4.69) is 31.1 Å². The van der Waals surface area contributed by atoms with Crippen LogP contribution in [0.4, 0.5) is 25.5 Å². The van der Waals surface area contributed by atoms with Gasteiger partial charge >= 0.3 is 0 Å². The largest absolute Gasteiger partial charge is 0.395 e. The summed E-state index contributed by atoms with van der Waals surface area (Å²) in [4.78, 5) is 21.0. The quantitative estimate of drug-likeness (QED) is 0.304. The Bertz CT molecular complexity index is 1840. The van der Waals surface area contributed by atoms with Crippen LogP contribution in [0, 0.1) is 23.0 Å². The molecule has 0 radical (unpaired) electrons. The number of halogens is 2. The van der Waals surface area contributed by atoms with Crippen LogP contribution in [0.1, 0.15) is 29.5 Å². The zero-order chi connectivity index (χ0) is 30.1. The van der Waals surface area contributed by atoms with E-state index in [1.54, 1.807) is 0 Å². The van der Waals surface area contributed by atoms with Gasteiger partial charge in [-0.15, -0.1) is 11.3 Å². The number of fused-ring (bicyclic) bond motifs is 6. The van der Waals surface area contributed by atoms with Gasteiger partial charge in [-0.2, -0.15) is 10.2 Å². The molecule has 2 unspecified atom stereocenters. The molecule has 7 heterocycles. The molecule has 1 aromatic carbocycles. The summed E-state index contributed by atoms with van der Waals surface area (Å²) in [6.07, 6.45) is 3.10. The highest BCUT2D eigenvalue weighted by Crippen LogP contribution is 2.47. The van der Waals surface area contributed by atoms with E-state index in [0.717, 1.165) is 67.9 Å². The van der Waals surface area contributed by atoms with E-state index in [9.17, 15) is 14.8 Å². The molecule has 3 fully saturated rings. The fourth-order valence-corrected chi connectivity index (χ4v) is 8.32. The van der Waals surface area contributed by atoms with E-state index in [1.807, 2.05) is 0 Å². The minimum absolute atomic E-state index is 0.0846. The van der Waals surface area contributed by atoms with Crippen LogP contribution in [0.3, 0.4) is 0 Å². The number of benzene rings is 1. The lowest BCUT2D eigenvalue weighted by Crippen LogP contribution is -2.52. The molecule has 44 heavy (non-hydrogen) atoms. The minimum Gasteiger partial charge on any atom is -0.395 e. The number of pyridine rings is 1. The van der Waals surface area contributed by atoms with E-state index >= 15 is 4.39 Å². The second kappa shape index (κ2) is 10.7. The van der Waals surface area contributed by atoms with Crippen LogP contribution in [0.15, 0.2) is 6.20 Å². The molecule has 2 bridgehead atoms. The number of β-amino-alcohol motifs (C(OH)–C–C–N with tert-alkyl or cyclic N) is 1. The van der Waals surface area contributed by atoms with Gasteiger partial charge in [0, 0.05) is 68.8 Å². The molecule has 4 N–H and O–H groups in total. The number of aliphatic hydroxyl groups is 1. The first-order valence-electron chi connectivity index (χ1n) is 14.9. The van der Waals surface area contributed by atoms with Crippen LogP contribution in [-0.2, 0) is 18.0 Å². The van der Waals surface area contributed by atoms with Crippen molar-refractivity contribution in [2.45, 2.75) is 38.1 Å². The summed E-state index contributed by atoms with van der Waals surface area (Å²) in [5, 5.41) is 23.9. The van der Waals surface area contributed by atoms with Gasteiger partial charge in [-0.3, -0.25) is 9.88 Å². The highest BCUT2D eigenvalue weighted by molar-refractivity contribution is 7.23. The lowest BCUT2D eigenvalue weighted by atomic mass is 9.93. The monoisotopic (exact) mass is 619 g/mol. The molecule has 0 amide bonds. The fraction of sp³-hybridized carbons (Fsp3) is 0.467. The van der Waals surface area contributed by atoms with Gasteiger partial charge in [0.05, 0.1) is 47.4 Å². The Hall–Kier alpha value is -3.74. The van der Waals surface area contributed by atoms with Gasteiger partial charge in [-0.05, 0) is 24.0 Å². The van der Waals surface area contributed by atoms with Crippen LogP contribution < -0.4 is 20.9 Å². The molecule has 4 aliphatic rings. The summed E-state index contributed by atoms with van der Waals surface area (Å²) in [5.41, 5.74) is 8.10. The molecule has 3 aromatic heterocycles. The van der Waals surface area contributed by atoms with Crippen molar-refractivity contribution in [2.24, 2.45) is 0 Å². The van der Waals surface area contributed by atoms with Crippen molar-refractivity contribution < 1.29 is 18.6 Å². The molecule has 11 nitrogen and oxygen atoms in total. The topological polar surface area (TPSA) is 140 Å². The number of aliphatic hydroxyl groups excluding tert-OH is 1. The lowest BCUT2D eigenvalue weighted by molar-refractivity contribution is 0.135. The normalized spacial score (nSPS) is 21.9. The average Bonchev–Trinajstić information content (AvgIpc) is 3.72. The number of thiophene rings is 1. The highest BCUT2D eigenvalue weighted by atomic mass is 32.1. The second-order valence-electron chi connectivity index (χ2n) is 11.8. The number of nitrogens with zero attached hydrogens (tertiary/aromatic N) is 7. The van der Waals surface area contributed by atoms with Gasteiger partial charge in [0.2, 0.25) is 5.95 Å². The number of hydrogen-bond donors (Lipinski definition) is 3. The van der Waals surface area contributed by atoms with Gasteiger partial charge in [0.15, 0.2) is 11.6 Å². The Morgan fingerprint density at radius 2 is 1.84 bits per heavy atom. The molecular weight excluding hydrogens is 588 g/mol. The third kappa shape index (κ3) is 4.14. The number of hydrogen-bond acceptors (Lipinski definition) is 12. The first-order chi connectivity index (χ1) is 21.5. The third-order valence-corrected chi connectivity index (χ3v) is 10.5. The van der Waals surface area contributed by atoms with Crippen molar-refractivity contribution in [3.05, 3.63) is 34.5 Å². The molecule has 0 aliphatic carbocycles. The Morgan fingerprint density at radius 1 is 1.09 bits per heavy atom. The van der Waals surface area contributed by atoms with Crippen LogP contribution in [0.25, 0.3) is 32.2 Å². The number of ether oxygens (including phenoxy) is 1. The maximum Gasteiger partial charge on any atom is 0.228 e. The van der Waals surface area contributed by atoms with Gasteiger partial charge in [0.25, 0.3) is 0 Å². The van der Waals surface area contributed by atoms with Crippen LogP contribution in [0.2, 0.25) is 0 Å². The van der Waals surface area contributed by atoms with E-state index in [4.69, 9.17) is 20.4 Å². The lowest BCUT2D eigenvalue weighted by Gasteiger charge is -2.38. The summed E-state index contributed by atoms with van der Waals surface area (Å²) in [6.45, 7) is 5.48. The van der Waals surface area contributed by atoms with E-state index < -0.39 is 11.6 Å². The smallest absolute Gasteiger partial charge is 0.228 e. The standard InChI is InChI=1S/C30H31F2N9O2S/c31-20-12-36-25(22-17(9-33)28(34)44-27(20)22)21-18-13-43-14-19(18)23-26(24(21)32)37-30(40-5-3-39(4-6-40)7-8-42)38-29(23)41-15-1-2-16(41)11-35-10-15/h12,15-16,35,42H,1-8,10-11,13-14,34H2. The number of nitrogens with one attached hydrogen (secondary N) is 1. The van der Waals surface area contributed by atoms with Crippen molar-refractivity contribution in [2.75, 3.05) is 68.0 Å². The van der Waals surface area contributed by atoms with Gasteiger partial charge in [0.1, 0.15) is 22.4 Å². The summed E-state index contributed by atoms with van der Waals surface area (Å²) in [6, 6.07) is 2.53. The van der Waals surface area contributed by atoms with Gasteiger partial charge in [-0.25, -0.2) is 13.8 Å². The maximum absolute atomic E-state index is 17.3. The Balaban J connectivity index is 1.39. The number of aromatic nitrogens is 3. The molecule has 14 heteroatoms. The molecule has 4 aliphatic heterocycles. The zero-order valence-corrected chi connectivity index (χ0v) is 24.8. The van der Waals surface area contributed by atoms with Gasteiger partial charge < -0.3 is 30.7 Å². The Morgan fingerprint density at radius 3 is 2.57 bits per heavy atom. The zero-order valence-electron chi connectivity index (χ0n) is 23.9. The first kappa shape index (κ1) is 27.8. The molecule has 0 spiro atoms. The van der Waals surface area contributed by atoms with Crippen LogP contribution in [0.5, 0.6) is 0 Å². The minimum atomic E-state index is -0.613. The number of nitriles is 1. The summed E-state index contributed by atoms with van der Waals surface area (Å²) in [5.74, 6) is -0.0340. The molecular formula is C30H31F2N9O2S. The molecule has 2 atom stereocenters. The predicted octanol–water partition coefficient (Wildman–Crippen LogP) is 2.72. The molecule has 0 saturated carbocycles. The van der Waals surface area contributed by atoms with Crippen molar-refractivity contribution >= 4 is 49.1 Å². The van der Waals surface area contributed by atoms with Crippen LogP contribution in [-0.4, -0.2) is 89.5 Å². The van der Waals surface area contributed by atoms with E-state index in [1.165, 1.54) is 0 Å². The molecule has 3 saturated heterocycles. The number of nitrogens with two attached hydrogens (primary N) is 1. The maximum atomic E-state index is 17.3.